The average molecular weight is 337 g/mol. The highest BCUT2D eigenvalue weighted by atomic mass is 16.5. The molecule has 1 N–H and O–H groups in total. The lowest BCUT2D eigenvalue weighted by atomic mass is 10.1. The molecule has 0 fully saturated rings. The molecule has 1 heterocycles. The molecule has 136 valence electrons. The number of esters is 1. The van der Waals surface area contributed by atoms with Crippen LogP contribution < -0.4 is 5.32 Å². The van der Waals surface area contributed by atoms with Crippen LogP contribution in [-0.4, -0.2) is 25.0 Å². The van der Waals surface area contributed by atoms with Crippen molar-refractivity contribution in [3.8, 4) is 0 Å². The largest absolute Gasteiger partial charge is 0.466 e. The highest BCUT2D eigenvalue weighted by Crippen LogP contribution is 2.09. The fraction of sp³-hybridized carbons (Fsp3) is 0.684. The van der Waals surface area contributed by atoms with E-state index in [4.69, 9.17) is 9.15 Å². The van der Waals surface area contributed by atoms with Crippen LogP contribution in [0.25, 0.3) is 0 Å². The first kappa shape index (κ1) is 20.3. The molecule has 0 aromatic carbocycles. The van der Waals surface area contributed by atoms with E-state index in [2.05, 4.69) is 12.2 Å². The van der Waals surface area contributed by atoms with E-state index in [0.29, 0.717) is 6.61 Å². The van der Waals surface area contributed by atoms with Gasteiger partial charge in [0.1, 0.15) is 0 Å². The Morgan fingerprint density at radius 3 is 2.33 bits per heavy atom. The van der Waals surface area contributed by atoms with Gasteiger partial charge in [0, 0.05) is 6.54 Å². The minimum absolute atomic E-state index is 0.184. The van der Waals surface area contributed by atoms with Gasteiger partial charge in [-0.15, -0.1) is 0 Å². The summed E-state index contributed by atoms with van der Waals surface area (Å²) in [6.07, 6.45) is 12.8. The fourth-order valence-corrected chi connectivity index (χ4v) is 2.44. The lowest BCUT2D eigenvalue weighted by molar-refractivity contribution is -0.143. The van der Waals surface area contributed by atoms with Gasteiger partial charge in [-0.05, 0) is 18.6 Å². The van der Waals surface area contributed by atoms with Crippen molar-refractivity contribution in [3.63, 3.8) is 0 Å². The Morgan fingerprint density at radius 2 is 1.71 bits per heavy atom. The molecule has 0 atom stereocenters. The Hall–Kier alpha value is -1.78. The molecule has 0 spiro atoms. The zero-order chi connectivity index (χ0) is 17.5. The van der Waals surface area contributed by atoms with Crippen molar-refractivity contribution < 1.29 is 18.7 Å². The number of rotatable bonds is 14. The first-order chi connectivity index (χ1) is 11.7. The standard InChI is InChI=1S/C19H31NO4/c1-2-3-4-5-6-7-8-9-10-15-24-18(21)13-14-20-19(22)17-12-11-16-23-17/h11-12,16H,2-10,13-15H2,1H3,(H,20,22). The van der Waals surface area contributed by atoms with E-state index in [1.807, 2.05) is 0 Å². The van der Waals surface area contributed by atoms with E-state index in [1.54, 1.807) is 12.1 Å². The summed E-state index contributed by atoms with van der Waals surface area (Å²) in [5.41, 5.74) is 0. The van der Waals surface area contributed by atoms with Crippen molar-refractivity contribution in [1.82, 2.24) is 5.32 Å². The van der Waals surface area contributed by atoms with E-state index >= 15 is 0 Å². The molecule has 0 unspecified atom stereocenters. The molecule has 0 bridgehead atoms. The Bertz CT molecular complexity index is 442. The topological polar surface area (TPSA) is 68.5 Å². The molecular formula is C19H31NO4. The third kappa shape index (κ3) is 10.1. The molecule has 0 radical (unpaired) electrons. The summed E-state index contributed by atoms with van der Waals surface area (Å²) >= 11 is 0. The monoisotopic (exact) mass is 337 g/mol. The van der Waals surface area contributed by atoms with Crippen LogP contribution in [0.15, 0.2) is 22.8 Å². The van der Waals surface area contributed by atoms with Crippen molar-refractivity contribution in [3.05, 3.63) is 24.2 Å². The Kier molecular flexibility index (Phi) is 11.5. The van der Waals surface area contributed by atoms with E-state index in [0.717, 1.165) is 12.8 Å². The number of nitrogens with one attached hydrogen (secondary N) is 1. The molecule has 5 nitrogen and oxygen atoms in total. The number of hydrogen-bond donors (Lipinski definition) is 1. The number of hydrogen-bond acceptors (Lipinski definition) is 4. The number of unbranched alkanes of at least 4 members (excludes halogenated alkanes) is 8. The molecule has 1 aromatic heterocycles. The van der Waals surface area contributed by atoms with Crippen LogP contribution >= 0.6 is 0 Å². The molecule has 24 heavy (non-hydrogen) atoms. The van der Waals surface area contributed by atoms with Gasteiger partial charge in [-0.3, -0.25) is 9.59 Å². The van der Waals surface area contributed by atoms with Crippen LogP contribution in [-0.2, 0) is 9.53 Å². The highest BCUT2D eigenvalue weighted by molar-refractivity contribution is 5.91. The van der Waals surface area contributed by atoms with Gasteiger partial charge < -0.3 is 14.5 Å². The third-order valence-electron chi connectivity index (χ3n) is 3.87. The summed E-state index contributed by atoms with van der Waals surface area (Å²) in [6.45, 7) is 2.96. The van der Waals surface area contributed by atoms with E-state index in [1.165, 1.54) is 51.2 Å². The number of carbonyl (C=O) groups excluding carboxylic acids is 2. The maximum atomic E-state index is 11.6. The molecule has 0 aliphatic carbocycles. The molecule has 0 saturated carbocycles. The summed E-state index contributed by atoms with van der Waals surface area (Å²) in [5.74, 6) is -0.334. The third-order valence-corrected chi connectivity index (χ3v) is 3.87. The van der Waals surface area contributed by atoms with Crippen LogP contribution in [0, 0.1) is 0 Å². The van der Waals surface area contributed by atoms with Crippen LogP contribution in [0.5, 0.6) is 0 Å². The summed E-state index contributed by atoms with van der Waals surface area (Å²) in [6, 6.07) is 3.23. The minimum atomic E-state index is -0.313. The van der Waals surface area contributed by atoms with Gasteiger partial charge in [0.15, 0.2) is 5.76 Å². The van der Waals surface area contributed by atoms with Crippen molar-refractivity contribution in [2.75, 3.05) is 13.2 Å². The molecule has 1 amide bonds. The zero-order valence-corrected chi connectivity index (χ0v) is 14.9. The van der Waals surface area contributed by atoms with Crippen LogP contribution in [0.1, 0.15) is 81.7 Å². The summed E-state index contributed by atoms with van der Waals surface area (Å²) < 4.78 is 10.1. The van der Waals surface area contributed by atoms with Gasteiger partial charge in [-0.1, -0.05) is 58.3 Å². The molecule has 1 rings (SSSR count). The maximum absolute atomic E-state index is 11.6. The second-order valence-corrected chi connectivity index (χ2v) is 6.03. The summed E-state index contributed by atoms with van der Waals surface area (Å²) in [5, 5.41) is 2.62. The number of carbonyl (C=O) groups is 2. The minimum Gasteiger partial charge on any atom is -0.466 e. The van der Waals surface area contributed by atoms with Crippen LogP contribution in [0.4, 0.5) is 0 Å². The summed E-state index contributed by atoms with van der Waals surface area (Å²) in [4.78, 5) is 23.1. The van der Waals surface area contributed by atoms with Gasteiger partial charge in [-0.25, -0.2) is 0 Å². The Labute approximate surface area is 145 Å². The fourth-order valence-electron chi connectivity index (χ4n) is 2.44. The zero-order valence-electron chi connectivity index (χ0n) is 14.9. The first-order valence-corrected chi connectivity index (χ1v) is 9.21. The second kappa shape index (κ2) is 13.6. The lowest BCUT2D eigenvalue weighted by Crippen LogP contribution is -2.26. The van der Waals surface area contributed by atoms with Gasteiger partial charge >= 0.3 is 5.97 Å². The quantitative estimate of drug-likeness (QED) is 0.401. The number of ether oxygens (including phenoxy) is 1. The lowest BCUT2D eigenvalue weighted by Gasteiger charge is -2.06. The predicted octanol–water partition coefficient (Wildman–Crippen LogP) is 4.47. The van der Waals surface area contributed by atoms with Gasteiger partial charge in [0.05, 0.1) is 19.3 Å². The molecule has 5 heteroatoms. The average Bonchev–Trinajstić information content (AvgIpc) is 3.11. The number of amides is 1. The predicted molar refractivity (Wildman–Crippen MR) is 93.8 cm³/mol. The molecule has 0 aliphatic heterocycles. The van der Waals surface area contributed by atoms with E-state index in [9.17, 15) is 9.59 Å². The van der Waals surface area contributed by atoms with Crippen molar-refractivity contribution >= 4 is 11.9 Å². The van der Waals surface area contributed by atoms with Crippen molar-refractivity contribution in [2.24, 2.45) is 0 Å². The maximum Gasteiger partial charge on any atom is 0.307 e. The van der Waals surface area contributed by atoms with Crippen molar-refractivity contribution in [1.29, 1.82) is 0 Å². The van der Waals surface area contributed by atoms with Crippen LogP contribution in [0.2, 0.25) is 0 Å². The smallest absolute Gasteiger partial charge is 0.307 e. The first-order valence-electron chi connectivity index (χ1n) is 9.21. The molecular weight excluding hydrogens is 306 g/mol. The summed E-state index contributed by atoms with van der Waals surface area (Å²) in [7, 11) is 0. The Balaban J connectivity index is 1.87. The van der Waals surface area contributed by atoms with E-state index < -0.39 is 0 Å². The normalized spacial score (nSPS) is 10.5. The highest BCUT2D eigenvalue weighted by Gasteiger charge is 2.09. The SMILES string of the molecule is CCCCCCCCCCCOC(=O)CCNC(=O)c1ccco1. The van der Waals surface area contributed by atoms with Crippen molar-refractivity contribution in [2.45, 2.75) is 71.1 Å². The van der Waals surface area contributed by atoms with Gasteiger partial charge in [0.2, 0.25) is 0 Å². The second-order valence-electron chi connectivity index (χ2n) is 6.03. The van der Waals surface area contributed by atoms with Crippen LogP contribution in [0.3, 0.4) is 0 Å². The van der Waals surface area contributed by atoms with Gasteiger partial charge in [0.25, 0.3) is 5.91 Å². The van der Waals surface area contributed by atoms with E-state index in [-0.39, 0.29) is 30.6 Å². The Morgan fingerprint density at radius 1 is 1.04 bits per heavy atom. The molecule has 1 aromatic rings. The molecule has 0 aliphatic rings. The number of furan rings is 1. The van der Waals surface area contributed by atoms with Gasteiger partial charge in [-0.2, -0.15) is 0 Å². The molecule has 0 saturated heterocycles.